The monoisotopic (exact) mass is 357 g/mol. The van der Waals surface area contributed by atoms with Gasteiger partial charge in [0.2, 0.25) is 0 Å². The average Bonchev–Trinajstić information content (AvgIpc) is 2.62. The number of amides is 2. The van der Waals surface area contributed by atoms with Gasteiger partial charge in [0.05, 0.1) is 6.04 Å². The molecule has 0 aromatic heterocycles. The van der Waals surface area contributed by atoms with Gasteiger partial charge in [-0.25, -0.2) is 0 Å². The molecule has 2 aromatic carbocycles. The lowest BCUT2D eigenvalue weighted by atomic mass is 9.81. The second-order valence-electron chi connectivity index (χ2n) is 7.12. The number of carbonyl (C=O) groups excluding carboxylic acids is 2. The van der Waals surface area contributed by atoms with E-state index in [1.54, 1.807) is 12.1 Å². The quantitative estimate of drug-likeness (QED) is 0.629. The van der Waals surface area contributed by atoms with Crippen molar-refractivity contribution in [2.24, 2.45) is 5.92 Å². The molecule has 1 atom stereocenters. The van der Waals surface area contributed by atoms with Gasteiger partial charge < -0.3 is 10.6 Å². The summed E-state index contributed by atoms with van der Waals surface area (Å²) in [6, 6.07) is 9.07. The zero-order valence-electron chi connectivity index (χ0n) is 13.8. The molecule has 2 amide bonds. The van der Waals surface area contributed by atoms with Crippen molar-refractivity contribution in [3.05, 3.63) is 41.5 Å². The van der Waals surface area contributed by atoms with E-state index in [9.17, 15) is 9.59 Å². The number of nitrogen functional groups attached to an aromatic ring is 1. The molecular formula is C19H20ClN3O2. The third kappa shape index (κ3) is 2.19. The highest BCUT2D eigenvalue weighted by Crippen LogP contribution is 2.38. The van der Waals surface area contributed by atoms with E-state index in [0.717, 1.165) is 37.9 Å². The number of piperidine rings is 3. The largest absolute Gasteiger partial charge is 0.398 e. The lowest BCUT2D eigenvalue weighted by Crippen LogP contribution is -2.60. The lowest BCUT2D eigenvalue weighted by Gasteiger charge is -2.49. The molecule has 6 rings (SSSR count). The Balaban J connectivity index is 0.00000157. The van der Waals surface area contributed by atoms with Crippen molar-refractivity contribution < 1.29 is 9.59 Å². The van der Waals surface area contributed by atoms with E-state index in [1.807, 2.05) is 18.2 Å². The number of halogens is 1. The van der Waals surface area contributed by atoms with Crippen LogP contribution in [0.25, 0.3) is 10.8 Å². The molecule has 0 saturated carbocycles. The number of anilines is 1. The second-order valence-corrected chi connectivity index (χ2v) is 7.12. The summed E-state index contributed by atoms with van der Waals surface area (Å²) in [5.41, 5.74) is 7.86. The van der Waals surface area contributed by atoms with Crippen molar-refractivity contribution in [1.29, 1.82) is 0 Å². The number of benzene rings is 2. The van der Waals surface area contributed by atoms with Gasteiger partial charge in [-0.1, -0.05) is 12.1 Å². The van der Waals surface area contributed by atoms with Crippen molar-refractivity contribution in [3.8, 4) is 0 Å². The Hall–Kier alpha value is -2.11. The molecule has 4 aliphatic rings. The van der Waals surface area contributed by atoms with Gasteiger partial charge in [0.15, 0.2) is 0 Å². The van der Waals surface area contributed by atoms with E-state index in [4.69, 9.17) is 5.73 Å². The first-order chi connectivity index (χ1) is 11.6. The fourth-order valence-electron chi connectivity index (χ4n) is 4.67. The van der Waals surface area contributed by atoms with E-state index >= 15 is 0 Å². The molecule has 0 spiro atoms. The van der Waals surface area contributed by atoms with Crippen molar-refractivity contribution in [2.45, 2.75) is 18.9 Å². The molecule has 4 heterocycles. The minimum absolute atomic E-state index is 0. The SMILES string of the molecule is Cl.Nc1ccc2c3c(cccc13)C(=O)N([C@@H]1CN3CCC1CC3)C2=O. The molecule has 25 heavy (non-hydrogen) atoms. The van der Waals surface area contributed by atoms with Crippen LogP contribution < -0.4 is 5.73 Å². The van der Waals surface area contributed by atoms with Crippen LogP contribution in [0, 0.1) is 5.92 Å². The third-order valence-corrected chi connectivity index (χ3v) is 5.93. The summed E-state index contributed by atoms with van der Waals surface area (Å²) in [6.45, 7) is 2.97. The molecule has 130 valence electrons. The van der Waals surface area contributed by atoms with Crippen LogP contribution in [-0.2, 0) is 0 Å². The molecule has 3 saturated heterocycles. The van der Waals surface area contributed by atoms with Gasteiger partial charge in [-0.2, -0.15) is 0 Å². The first-order valence-electron chi connectivity index (χ1n) is 8.56. The van der Waals surface area contributed by atoms with Gasteiger partial charge in [0.25, 0.3) is 11.8 Å². The summed E-state index contributed by atoms with van der Waals surface area (Å²) < 4.78 is 0. The minimum atomic E-state index is -0.164. The molecule has 2 N–H and O–H groups in total. The van der Waals surface area contributed by atoms with Crippen LogP contribution in [0.1, 0.15) is 33.6 Å². The average molecular weight is 358 g/mol. The Morgan fingerprint density at radius 3 is 2.28 bits per heavy atom. The highest BCUT2D eigenvalue weighted by molar-refractivity contribution is 6.26. The Bertz CT molecular complexity index is 867. The zero-order chi connectivity index (χ0) is 16.4. The Morgan fingerprint density at radius 1 is 0.960 bits per heavy atom. The van der Waals surface area contributed by atoms with Crippen molar-refractivity contribution in [2.75, 3.05) is 25.4 Å². The molecule has 3 fully saturated rings. The third-order valence-electron chi connectivity index (χ3n) is 5.93. The molecule has 0 unspecified atom stereocenters. The van der Waals surface area contributed by atoms with Crippen molar-refractivity contribution >= 4 is 40.7 Å². The van der Waals surface area contributed by atoms with E-state index < -0.39 is 0 Å². The summed E-state index contributed by atoms with van der Waals surface area (Å²) in [4.78, 5) is 30.2. The van der Waals surface area contributed by atoms with Gasteiger partial charge >= 0.3 is 0 Å². The summed E-state index contributed by atoms with van der Waals surface area (Å²) in [5.74, 6) is 0.0994. The molecule has 2 aromatic rings. The van der Waals surface area contributed by atoms with Crippen molar-refractivity contribution in [1.82, 2.24) is 9.80 Å². The lowest BCUT2D eigenvalue weighted by molar-refractivity contribution is 0.00882. The van der Waals surface area contributed by atoms with Gasteiger partial charge in [-0.15, -0.1) is 12.4 Å². The van der Waals surface area contributed by atoms with Gasteiger partial charge in [0, 0.05) is 34.1 Å². The number of carbonyl (C=O) groups is 2. The van der Waals surface area contributed by atoms with Gasteiger partial charge in [0.1, 0.15) is 0 Å². The molecule has 0 radical (unpaired) electrons. The number of hydrogen-bond acceptors (Lipinski definition) is 4. The van der Waals surface area contributed by atoms with Gasteiger partial charge in [-0.05, 0) is 50.0 Å². The number of nitrogens with two attached hydrogens (primary N) is 1. The molecule has 0 aliphatic carbocycles. The molecular weight excluding hydrogens is 338 g/mol. The van der Waals surface area contributed by atoms with E-state index in [-0.39, 0.29) is 30.3 Å². The van der Waals surface area contributed by atoms with Crippen LogP contribution in [0.2, 0.25) is 0 Å². The fourth-order valence-corrected chi connectivity index (χ4v) is 4.67. The maximum Gasteiger partial charge on any atom is 0.261 e. The highest BCUT2D eigenvalue weighted by atomic mass is 35.5. The number of imide groups is 1. The highest BCUT2D eigenvalue weighted by Gasteiger charge is 2.44. The normalized spacial score (nSPS) is 27.5. The Kier molecular flexibility index (Phi) is 3.74. The summed E-state index contributed by atoms with van der Waals surface area (Å²) in [7, 11) is 0. The Morgan fingerprint density at radius 2 is 1.64 bits per heavy atom. The van der Waals surface area contributed by atoms with Crippen LogP contribution in [0.4, 0.5) is 5.69 Å². The minimum Gasteiger partial charge on any atom is -0.398 e. The van der Waals surface area contributed by atoms with Crippen molar-refractivity contribution in [3.63, 3.8) is 0 Å². The zero-order valence-corrected chi connectivity index (χ0v) is 14.6. The predicted molar refractivity (Wildman–Crippen MR) is 99.1 cm³/mol. The smallest absolute Gasteiger partial charge is 0.261 e. The standard InChI is InChI=1S/C19H19N3O2.ClH/c20-15-5-4-14-17-12(15)2-1-3-13(17)18(23)22(19(14)24)16-10-21-8-6-11(16)7-9-21;/h1-5,11,16H,6-10,20H2;1H/t16-;/m1./s1. The van der Waals surface area contributed by atoms with Crippen LogP contribution in [0.3, 0.4) is 0 Å². The van der Waals surface area contributed by atoms with Crippen LogP contribution in [0.15, 0.2) is 30.3 Å². The first kappa shape index (κ1) is 16.4. The van der Waals surface area contributed by atoms with E-state index in [0.29, 0.717) is 28.1 Å². The maximum atomic E-state index is 13.1. The van der Waals surface area contributed by atoms with Gasteiger partial charge in [-0.3, -0.25) is 14.5 Å². The Labute approximate surface area is 152 Å². The summed E-state index contributed by atoms with van der Waals surface area (Å²) >= 11 is 0. The van der Waals surface area contributed by atoms with E-state index in [1.165, 1.54) is 4.90 Å². The topological polar surface area (TPSA) is 66.6 Å². The molecule has 4 aliphatic heterocycles. The number of rotatable bonds is 1. The number of fused-ring (bicyclic) bond motifs is 3. The summed E-state index contributed by atoms with van der Waals surface area (Å²) in [5, 5.41) is 1.50. The fraction of sp³-hybridized carbons (Fsp3) is 0.368. The number of hydrogen-bond donors (Lipinski definition) is 1. The maximum absolute atomic E-state index is 13.1. The first-order valence-corrected chi connectivity index (χ1v) is 8.56. The van der Waals surface area contributed by atoms with Crippen LogP contribution in [0.5, 0.6) is 0 Å². The van der Waals surface area contributed by atoms with Crippen LogP contribution in [-0.4, -0.2) is 47.3 Å². The summed E-state index contributed by atoms with van der Waals surface area (Å²) in [6.07, 6.45) is 2.14. The number of nitrogens with zero attached hydrogens (tertiary/aromatic N) is 2. The van der Waals surface area contributed by atoms with E-state index in [2.05, 4.69) is 4.90 Å². The molecule has 2 bridgehead atoms. The predicted octanol–water partition coefficient (Wildman–Crippen LogP) is 2.53. The molecule has 5 nitrogen and oxygen atoms in total. The van der Waals surface area contributed by atoms with Crippen LogP contribution >= 0.6 is 12.4 Å². The molecule has 6 heteroatoms. The second kappa shape index (κ2) is 5.71.